The zero-order valence-electron chi connectivity index (χ0n) is 14.3. The number of aromatic amines is 1. The Hall–Kier alpha value is -3.46. The van der Waals surface area contributed by atoms with E-state index in [9.17, 15) is 9.18 Å². The maximum absolute atomic E-state index is 13.6. The first kappa shape index (κ1) is 17.4. The number of halogens is 1. The van der Waals surface area contributed by atoms with Crippen molar-refractivity contribution in [2.24, 2.45) is 0 Å². The predicted octanol–water partition coefficient (Wildman–Crippen LogP) is 4.46. The summed E-state index contributed by atoms with van der Waals surface area (Å²) in [5.74, 6) is 0.328. The number of hydrogen-bond donors (Lipinski definition) is 1. The van der Waals surface area contributed by atoms with E-state index in [1.165, 1.54) is 12.1 Å². The van der Waals surface area contributed by atoms with Crippen LogP contribution in [0.2, 0.25) is 0 Å². The number of hydrogen-bond acceptors (Lipinski definition) is 3. The predicted molar refractivity (Wildman–Crippen MR) is 96.3 cm³/mol. The molecule has 0 radical (unpaired) electrons. The molecule has 0 aliphatic carbocycles. The molecular formula is C20H16FN3O2. The zero-order valence-corrected chi connectivity index (χ0v) is 14.3. The second-order valence-electron chi connectivity index (χ2n) is 6.01. The van der Waals surface area contributed by atoms with E-state index in [0.29, 0.717) is 17.7 Å². The number of H-pyrrole nitrogens is 1. The van der Waals surface area contributed by atoms with Gasteiger partial charge in [0, 0.05) is 18.1 Å². The Labute approximate surface area is 149 Å². The van der Waals surface area contributed by atoms with Crippen molar-refractivity contribution < 1.29 is 9.13 Å². The van der Waals surface area contributed by atoms with Crippen molar-refractivity contribution in [3.8, 4) is 11.5 Å². The third-order valence-corrected chi connectivity index (χ3v) is 3.89. The first-order chi connectivity index (χ1) is 12.4. The van der Waals surface area contributed by atoms with Crippen LogP contribution >= 0.6 is 0 Å². The van der Waals surface area contributed by atoms with Gasteiger partial charge >= 0.3 is 0 Å². The van der Waals surface area contributed by atoms with Crippen LogP contribution in [-0.2, 0) is 6.42 Å². The molecule has 26 heavy (non-hydrogen) atoms. The minimum Gasteiger partial charge on any atom is -0.458 e. The quantitative estimate of drug-likeness (QED) is 0.708. The summed E-state index contributed by atoms with van der Waals surface area (Å²) >= 11 is 0. The van der Waals surface area contributed by atoms with Crippen LogP contribution in [0.15, 0.2) is 47.3 Å². The molecule has 1 heterocycles. The minimum absolute atomic E-state index is 0.182. The Morgan fingerprint density at radius 1 is 1.15 bits per heavy atom. The van der Waals surface area contributed by atoms with Crippen LogP contribution in [0.4, 0.5) is 10.1 Å². The number of aromatic nitrogens is 2. The van der Waals surface area contributed by atoms with Crippen LogP contribution in [0, 0.1) is 26.2 Å². The molecule has 0 amide bonds. The number of ether oxygens (including phenoxy) is 1. The number of aryl methyl sites for hydroxylation is 2. The van der Waals surface area contributed by atoms with Crippen LogP contribution in [0.1, 0.15) is 22.4 Å². The highest BCUT2D eigenvalue weighted by molar-refractivity contribution is 5.51. The van der Waals surface area contributed by atoms with Gasteiger partial charge in [-0.05, 0) is 49.2 Å². The summed E-state index contributed by atoms with van der Waals surface area (Å²) < 4.78 is 19.4. The molecule has 0 aliphatic heterocycles. The maximum atomic E-state index is 13.6. The SMILES string of the molecule is [C-]#[N+]c1cc(F)cc(Oc2cc(Cc3cc(C)c(=O)[nH]n3)ccc2C)c1. The molecule has 130 valence electrons. The van der Waals surface area contributed by atoms with Gasteiger partial charge in [-0.3, -0.25) is 4.79 Å². The van der Waals surface area contributed by atoms with Crippen LogP contribution in [0.25, 0.3) is 4.85 Å². The summed E-state index contributed by atoms with van der Waals surface area (Å²) in [5, 5.41) is 6.51. The van der Waals surface area contributed by atoms with Crippen molar-refractivity contribution in [3.05, 3.63) is 92.4 Å². The van der Waals surface area contributed by atoms with Crippen molar-refractivity contribution in [3.63, 3.8) is 0 Å². The molecule has 5 nitrogen and oxygen atoms in total. The highest BCUT2D eigenvalue weighted by Crippen LogP contribution is 2.30. The van der Waals surface area contributed by atoms with Crippen LogP contribution in [-0.4, -0.2) is 10.2 Å². The van der Waals surface area contributed by atoms with Crippen molar-refractivity contribution in [1.82, 2.24) is 10.2 Å². The van der Waals surface area contributed by atoms with Gasteiger partial charge in [0.1, 0.15) is 17.3 Å². The fourth-order valence-corrected chi connectivity index (χ4v) is 2.52. The molecule has 2 aromatic carbocycles. The van der Waals surface area contributed by atoms with Crippen molar-refractivity contribution in [1.29, 1.82) is 0 Å². The third kappa shape index (κ3) is 3.95. The Bertz CT molecular complexity index is 1070. The fourth-order valence-electron chi connectivity index (χ4n) is 2.52. The molecular weight excluding hydrogens is 333 g/mol. The van der Waals surface area contributed by atoms with Crippen LogP contribution in [0.5, 0.6) is 11.5 Å². The van der Waals surface area contributed by atoms with Crippen molar-refractivity contribution in [2.45, 2.75) is 20.3 Å². The summed E-state index contributed by atoms with van der Waals surface area (Å²) in [4.78, 5) is 14.7. The van der Waals surface area contributed by atoms with E-state index in [4.69, 9.17) is 11.3 Å². The molecule has 0 bridgehead atoms. The van der Waals surface area contributed by atoms with Gasteiger partial charge in [0.2, 0.25) is 0 Å². The van der Waals surface area contributed by atoms with E-state index < -0.39 is 5.82 Å². The number of nitrogens with zero attached hydrogens (tertiary/aromatic N) is 2. The largest absolute Gasteiger partial charge is 0.458 e. The molecule has 6 heteroatoms. The molecule has 3 rings (SSSR count). The summed E-state index contributed by atoms with van der Waals surface area (Å²) in [6, 6.07) is 11.3. The van der Waals surface area contributed by atoms with E-state index in [1.807, 2.05) is 25.1 Å². The topological polar surface area (TPSA) is 59.3 Å². The molecule has 3 aromatic rings. The average Bonchev–Trinajstić information content (AvgIpc) is 2.60. The van der Waals surface area contributed by atoms with E-state index in [-0.39, 0.29) is 17.0 Å². The normalized spacial score (nSPS) is 10.4. The number of nitrogens with one attached hydrogen (secondary N) is 1. The lowest BCUT2D eigenvalue weighted by Crippen LogP contribution is -2.12. The molecule has 0 unspecified atom stereocenters. The summed E-state index contributed by atoms with van der Waals surface area (Å²) in [5.41, 5.74) is 3.13. The third-order valence-electron chi connectivity index (χ3n) is 3.89. The smallest absolute Gasteiger partial charge is 0.267 e. The molecule has 0 aliphatic rings. The monoisotopic (exact) mass is 349 g/mol. The van der Waals surface area contributed by atoms with Gasteiger partial charge in [0.15, 0.2) is 5.69 Å². The molecule has 1 aromatic heterocycles. The Balaban J connectivity index is 1.88. The van der Waals surface area contributed by atoms with Crippen LogP contribution in [0.3, 0.4) is 0 Å². The standard InChI is InChI=1S/C20H16FN3O2/c1-12-4-5-14(7-17-6-13(2)20(25)24-23-17)8-19(12)26-18-10-15(21)9-16(11-18)22-3/h4-6,8-11H,7H2,1-2H3,(H,24,25). The van der Waals surface area contributed by atoms with Crippen molar-refractivity contribution in [2.75, 3.05) is 0 Å². The Morgan fingerprint density at radius 2 is 1.96 bits per heavy atom. The second-order valence-corrected chi connectivity index (χ2v) is 6.01. The van der Waals surface area contributed by atoms with Gasteiger partial charge < -0.3 is 4.74 Å². The van der Waals surface area contributed by atoms with E-state index in [1.54, 1.807) is 13.0 Å². The van der Waals surface area contributed by atoms with Gasteiger partial charge in [0.05, 0.1) is 12.3 Å². The van der Waals surface area contributed by atoms with Gasteiger partial charge in [-0.1, -0.05) is 12.1 Å². The highest BCUT2D eigenvalue weighted by atomic mass is 19.1. The van der Waals surface area contributed by atoms with Gasteiger partial charge in [-0.2, -0.15) is 5.10 Å². The van der Waals surface area contributed by atoms with Crippen molar-refractivity contribution >= 4 is 5.69 Å². The minimum atomic E-state index is -0.518. The summed E-state index contributed by atoms with van der Waals surface area (Å²) in [7, 11) is 0. The molecule has 0 saturated carbocycles. The molecule has 1 N–H and O–H groups in total. The fraction of sp³-hybridized carbons (Fsp3) is 0.150. The second kappa shape index (κ2) is 7.19. The lowest BCUT2D eigenvalue weighted by molar-refractivity contribution is 0.473. The summed E-state index contributed by atoms with van der Waals surface area (Å²) in [6.45, 7) is 10.6. The highest BCUT2D eigenvalue weighted by Gasteiger charge is 2.08. The van der Waals surface area contributed by atoms with Gasteiger partial charge in [-0.15, -0.1) is 0 Å². The number of rotatable bonds is 4. The maximum Gasteiger partial charge on any atom is 0.267 e. The van der Waals surface area contributed by atoms with E-state index in [2.05, 4.69) is 15.0 Å². The molecule has 0 saturated heterocycles. The summed E-state index contributed by atoms with van der Waals surface area (Å²) in [6.07, 6.45) is 0.519. The lowest BCUT2D eigenvalue weighted by atomic mass is 10.1. The van der Waals surface area contributed by atoms with E-state index in [0.717, 1.165) is 22.9 Å². The Morgan fingerprint density at radius 3 is 2.69 bits per heavy atom. The first-order valence-corrected chi connectivity index (χ1v) is 7.95. The zero-order chi connectivity index (χ0) is 18.7. The van der Waals surface area contributed by atoms with Gasteiger partial charge in [-0.25, -0.2) is 14.3 Å². The Kier molecular flexibility index (Phi) is 4.81. The number of benzene rings is 2. The molecule has 0 fully saturated rings. The molecule has 0 atom stereocenters. The van der Waals surface area contributed by atoms with E-state index >= 15 is 0 Å². The average molecular weight is 349 g/mol. The molecule has 0 spiro atoms. The van der Waals surface area contributed by atoms with Crippen LogP contribution < -0.4 is 10.3 Å². The lowest BCUT2D eigenvalue weighted by Gasteiger charge is -2.11. The first-order valence-electron chi connectivity index (χ1n) is 7.95. The van der Waals surface area contributed by atoms with Gasteiger partial charge in [0.25, 0.3) is 5.56 Å².